The Morgan fingerprint density at radius 2 is 1.62 bits per heavy atom. The number of carbonyl (C=O) groups excluding carboxylic acids is 1. The van der Waals surface area contributed by atoms with Crippen LogP contribution >= 0.6 is 0 Å². The Morgan fingerprint density at radius 1 is 1.00 bits per heavy atom. The van der Waals surface area contributed by atoms with Crippen molar-refractivity contribution in [2.75, 3.05) is 12.4 Å². The van der Waals surface area contributed by atoms with Gasteiger partial charge in [0.1, 0.15) is 5.82 Å². The van der Waals surface area contributed by atoms with Crippen LogP contribution in [-0.4, -0.2) is 40.1 Å². The average molecular weight is 501 g/mol. The molecule has 37 heavy (non-hydrogen) atoms. The number of nitrogens with two attached hydrogens (primary N) is 1. The van der Waals surface area contributed by atoms with Gasteiger partial charge in [0.25, 0.3) is 0 Å². The van der Waals surface area contributed by atoms with E-state index >= 15 is 0 Å². The van der Waals surface area contributed by atoms with Gasteiger partial charge in [0, 0.05) is 36.8 Å². The van der Waals surface area contributed by atoms with Crippen LogP contribution in [0.4, 0.5) is 10.6 Å². The highest BCUT2D eigenvalue weighted by Gasteiger charge is 2.27. The molecule has 2 aromatic carbocycles. The van der Waals surface area contributed by atoms with Gasteiger partial charge in [-0.05, 0) is 73.8 Å². The number of carboxylic acid groups (broad SMARTS) is 1. The largest absolute Gasteiger partial charge is 0.465 e. The second-order valence-corrected chi connectivity index (χ2v) is 10.6. The molecule has 7 nitrogen and oxygen atoms in total. The maximum atomic E-state index is 12.9. The van der Waals surface area contributed by atoms with Crippen LogP contribution in [0.2, 0.25) is 0 Å². The molecular formula is C30H36N4O3. The van der Waals surface area contributed by atoms with Crippen LogP contribution in [-0.2, 0) is 10.3 Å². The highest BCUT2D eigenvalue weighted by atomic mass is 16.4. The zero-order valence-corrected chi connectivity index (χ0v) is 21.8. The van der Waals surface area contributed by atoms with Crippen molar-refractivity contribution < 1.29 is 14.7 Å². The first-order valence-corrected chi connectivity index (χ1v) is 12.8. The zero-order valence-electron chi connectivity index (χ0n) is 21.8. The van der Waals surface area contributed by atoms with E-state index < -0.39 is 11.6 Å². The molecule has 3 aromatic rings. The molecule has 1 saturated carbocycles. The van der Waals surface area contributed by atoms with Crippen molar-refractivity contribution in [2.24, 2.45) is 11.7 Å². The van der Waals surface area contributed by atoms with Crippen LogP contribution in [0.3, 0.4) is 0 Å². The van der Waals surface area contributed by atoms with E-state index in [0.717, 1.165) is 53.5 Å². The fourth-order valence-corrected chi connectivity index (χ4v) is 5.04. The molecule has 0 radical (unpaired) electrons. The highest BCUT2D eigenvalue weighted by molar-refractivity contribution is 5.92. The summed E-state index contributed by atoms with van der Waals surface area (Å²) in [6.45, 7) is 3.97. The highest BCUT2D eigenvalue weighted by Crippen LogP contribution is 2.34. The van der Waals surface area contributed by atoms with Gasteiger partial charge in [0.2, 0.25) is 5.91 Å². The van der Waals surface area contributed by atoms with Crippen molar-refractivity contribution in [1.29, 1.82) is 0 Å². The Morgan fingerprint density at radius 3 is 2.22 bits per heavy atom. The Kier molecular flexibility index (Phi) is 7.93. The number of hydrogen-bond donors (Lipinski definition) is 3. The molecule has 1 aromatic heterocycles. The van der Waals surface area contributed by atoms with Crippen LogP contribution in [0.25, 0.3) is 22.3 Å². The third-order valence-corrected chi connectivity index (χ3v) is 7.34. The summed E-state index contributed by atoms with van der Waals surface area (Å²) in [5, 5.41) is 12.2. The van der Waals surface area contributed by atoms with E-state index in [-0.39, 0.29) is 17.9 Å². The van der Waals surface area contributed by atoms with Gasteiger partial charge in [-0.3, -0.25) is 4.79 Å². The molecule has 1 aliphatic rings. The van der Waals surface area contributed by atoms with E-state index in [0.29, 0.717) is 12.2 Å². The number of carbonyl (C=O) groups is 2. The fourth-order valence-electron chi connectivity index (χ4n) is 5.04. The Bertz CT molecular complexity index is 1230. The molecule has 4 rings (SSSR count). The van der Waals surface area contributed by atoms with E-state index in [1.54, 1.807) is 7.05 Å². The summed E-state index contributed by atoms with van der Waals surface area (Å²) in [6, 6.07) is 20.2. The normalized spacial score (nSPS) is 17.7. The third-order valence-electron chi connectivity index (χ3n) is 7.34. The molecule has 1 heterocycles. The summed E-state index contributed by atoms with van der Waals surface area (Å²) in [4.78, 5) is 30.0. The van der Waals surface area contributed by atoms with Gasteiger partial charge in [-0.15, -0.1) is 0 Å². The van der Waals surface area contributed by atoms with E-state index in [1.165, 1.54) is 4.90 Å². The Hall–Kier alpha value is -3.71. The van der Waals surface area contributed by atoms with Gasteiger partial charge >= 0.3 is 6.09 Å². The summed E-state index contributed by atoms with van der Waals surface area (Å²) < 4.78 is 0. The summed E-state index contributed by atoms with van der Waals surface area (Å²) >= 11 is 0. The van der Waals surface area contributed by atoms with Gasteiger partial charge in [0.05, 0.1) is 0 Å². The van der Waals surface area contributed by atoms with Gasteiger partial charge in [-0.2, -0.15) is 0 Å². The first kappa shape index (κ1) is 26.4. The first-order valence-electron chi connectivity index (χ1n) is 12.8. The molecule has 1 aliphatic carbocycles. The molecule has 0 spiro atoms. The predicted molar refractivity (Wildman–Crippen MR) is 147 cm³/mol. The summed E-state index contributed by atoms with van der Waals surface area (Å²) in [5.74, 6) is 0.701. The summed E-state index contributed by atoms with van der Waals surface area (Å²) in [6.07, 6.45) is 4.57. The van der Waals surface area contributed by atoms with Gasteiger partial charge < -0.3 is 21.1 Å². The number of pyridine rings is 1. The maximum absolute atomic E-state index is 12.9. The average Bonchev–Trinajstić information content (AvgIpc) is 2.88. The third kappa shape index (κ3) is 6.54. The molecule has 4 N–H and O–H groups in total. The first-order chi connectivity index (χ1) is 17.6. The predicted octanol–water partition coefficient (Wildman–Crippen LogP) is 6.11. The molecule has 0 unspecified atom stereocenters. The van der Waals surface area contributed by atoms with Gasteiger partial charge in [-0.25, -0.2) is 9.78 Å². The maximum Gasteiger partial charge on any atom is 0.407 e. The number of anilines is 1. The fraction of sp³-hybridized carbons (Fsp3) is 0.367. The molecule has 1 fully saturated rings. The quantitative estimate of drug-likeness (QED) is 0.363. The van der Waals surface area contributed by atoms with Crippen LogP contribution in [0.15, 0.2) is 66.9 Å². The van der Waals surface area contributed by atoms with Crippen LogP contribution < -0.4 is 11.1 Å². The minimum Gasteiger partial charge on any atom is -0.465 e. The minimum absolute atomic E-state index is 0.0319. The summed E-state index contributed by atoms with van der Waals surface area (Å²) in [5.41, 5.74) is 10.9. The van der Waals surface area contributed by atoms with E-state index in [9.17, 15) is 14.7 Å². The van der Waals surface area contributed by atoms with E-state index in [1.807, 2.05) is 68.6 Å². The summed E-state index contributed by atoms with van der Waals surface area (Å²) in [7, 11) is 1.62. The smallest absolute Gasteiger partial charge is 0.407 e. The number of aromatic nitrogens is 1. The van der Waals surface area contributed by atoms with Crippen LogP contribution in [0.5, 0.6) is 0 Å². The van der Waals surface area contributed by atoms with E-state index in [4.69, 9.17) is 5.73 Å². The number of hydrogen-bond acceptors (Lipinski definition) is 4. The van der Waals surface area contributed by atoms with Crippen LogP contribution in [0, 0.1) is 5.92 Å². The second-order valence-electron chi connectivity index (χ2n) is 10.6. The zero-order chi connectivity index (χ0) is 26.6. The van der Waals surface area contributed by atoms with E-state index in [2.05, 4.69) is 22.4 Å². The van der Waals surface area contributed by atoms with Crippen molar-refractivity contribution in [3.63, 3.8) is 0 Å². The molecule has 0 aliphatic heterocycles. The number of amides is 2. The standard InChI is InChI=1S/C30H36N4O3/c1-30(2,31)23-13-11-22(12-14-23)26-19-32-27(18-25(26)21-7-5-4-6-8-21)33-28(35)17-20-9-15-24(16-10-20)34(3)29(36)37/h4-8,11-14,18-20,24H,9-10,15-17,31H2,1-3H3,(H,36,37)(H,32,33,35). The van der Waals surface area contributed by atoms with Gasteiger partial charge in [0.15, 0.2) is 0 Å². The molecule has 0 bridgehead atoms. The number of nitrogens with one attached hydrogen (secondary N) is 1. The molecular weight excluding hydrogens is 464 g/mol. The monoisotopic (exact) mass is 500 g/mol. The Labute approximate surface area is 218 Å². The minimum atomic E-state index is -0.899. The van der Waals surface area contributed by atoms with Crippen molar-refractivity contribution in [3.05, 3.63) is 72.4 Å². The second kappa shape index (κ2) is 11.1. The van der Waals surface area contributed by atoms with Crippen molar-refractivity contribution >= 4 is 17.8 Å². The SMILES string of the molecule is CN(C(=O)O)C1CCC(CC(=O)Nc2cc(-c3ccccc3)c(-c3ccc(C(C)(C)N)cc3)cn2)CC1. The Balaban J connectivity index is 1.49. The number of nitrogens with zero attached hydrogens (tertiary/aromatic N) is 2. The number of rotatable bonds is 7. The molecule has 2 amide bonds. The topological polar surface area (TPSA) is 109 Å². The lowest BCUT2D eigenvalue weighted by Gasteiger charge is -2.32. The number of benzene rings is 2. The molecule has 7 heteroatoms. The molecule has 0 saturated heterocycles. The lowest BCUT2D eigenvalue weighted by Crippen LogP contribution is -2.38. The lowest BCUT2D eigenvalue weighted by atomic mass is 9.83. The molecule has 0 atom stereocenters. The van der Waals surface area contributed by atoms with Crippen molar-refractivity contribution in [3.8, 4) is 22.3 Å². The van der Waals surface area contributed by atoms with Crippen molar-refractivity contribution in [1.82, 2.24) is 9.88 Å². The van der Waals surface area contributed by atoms with Crippen molar-refractivity contribution in [2.45, 2.75) is 57.5 Å². The van der Waals surface area contributed by atoms with Gasteiger partial charge in [-0.1, -0.05) is 54.6 Å². The lowest BCUT2D eigenvalue weighted by molar-refractivity contribution is -0.117. The molecule has 194 valence electrons. The van der Waals surface area contributed by atoms with Crippen LogP contribution in [0.1, 0.15) is 51.5 Å².